The van der Waals surface area contributed by atoms with Crippen LogP contribution in [0.2, 0.25) is 0 Å². The minimum absolute atomic E-state index is 0.00793. The van der Waals surface area contributed by atoms with Gasteiger partial charge in [-0.05, 0) is 18.1 Å². The van der Waals surface area contributed by atoms with Gasteiger partial charge in [0.1, 0.15) is 40.2 Å². The van der Waals surface area contributed by atoms with Gasteiger partial charge in [-0.15, -0.1) is 0 Å². The Hall–Kier alpha value is -3.74. The van der Waals surface area contributed by atoms with E-state index >= 15 is 0 Å². The zero-order valence-corrected chi connectivity index (χ0v) is 15.0. The molecule has 146 valence electrons. The molecule has 7 heteroatoms. The fourth-order valence-electron chi connectivity index (χ4n) is 3.20. The van der Waals surface area contributed by atoms with Crippen LogP contribution in [0.25, 0.3) is 0 Å². The number of benzene rings is 3. The summed E-state index contributed by atoms with van der Waals surface area (Å²) in [5.41, 5.74) is 1.87. The summed E-state index contributed by atoms with van der Waals surface area (Å²) in [6, 6.07) is 7.73. The first kappa shape index (κ1) is 19.0. The zero-order chi connectivity index (χ0) is 20.6. The van der Waals surface area contributed by atoms with Crippen LogP contribution in [0.1, 0.15) is 27.8 Å². The monoisotopic (exact) mass is 384 g/mol. The van der Waals surface area contributed by atoms with E-state index in [4.69, 9.17) is 0 Å². The van der Waals surface area contributed by atoms with Gasteiger partial charge in [0.05, 0.1) is 0 Å². The maximum absolute atomic E-state index is 10.7. The second-order valence-corrected chi connectivity index (χ2v) is 6.71. The molecule has 0 aliphatic heterocycles. The van der Waals surface area contributed by atoms with Crippen molar-refractivity contribution in [2.45, 2.75) is 19.8 Å². The fraction of sp³-hybridized carbons (Fsp3) is 0.143. The lowest BCUT2D eigenvalue weighted by Gasteiger charge is -2.15. The minimum atomic E-state index is -0.311. The second kappa shape index (κ2) is 7.11. The van der Waals surface area contributed by atoms with Gasteiger partial charge in [0.15, 0.2) is 0 Å². The Bertz CT molecular complexity index is 930. The maximum atomic E-state index is 10.7. The smallest absolute Gasteiger partial charge is 0.126 e. The zero-order valence-electron chi connectivity index (χ0n) is 15.0. The van der Waals surface area contributed by atoms with Crippen molar-refractivity contribution in [2.24, 2.45) is 0 Å². The molecule has 0 unspecified atom stereocenters. The highest BCUT2D eigenvalue weighted by Crippen LogP contribution is 2.39. The molecule has 0 aromatic heterocycles. The van der Waals surface area contributed by atoms with Crippen LogP contribution in [0.15, 0.2) is 36.4 Å². The number of rotatable bonds is 4. The highest BCUT2D eigenvalue weighted by molar-refractivity contribution is 5.56. The van der Waals surface area contributed by atoms with Gasteiger partial charge in [0, 0.05) is 48.2 Å². The standard InChI is InChI=1S/C21H20O7/c1-10-2-11(4-15-17(24)6-13(22)7-18(15)25)21(28)12(3-10)5-16-19(26)8-14(23)9-20(16)27/h2-3,6-9,22-28H,4-5H2,1H3. The van der Waals surface area contributed by atoms with Gasteiger partial charge in [-0.2, -0.15) is 0 Å². The Balaban J connectivity index is 2.02. The second-order valence-electron chi connectivity index (χ2n) is 6.71. The van der Waals surface area contributed by atoms with Crippen LogP contribution < -0.4 is 0 Å². The van der Waals surface area contributed by atoms with Gasteiger partial charge < -0.3 is 35.7 Å². The van der Waals surface area contributed by atoms with E-state index in [2.05, 4.69) is 0 Å². The van der Waals surface area contributed by atoms with Gasteiger partial charge in [0.25, 0.3) is 0 Å². The SMILES string of the molecule is Cc1cc(Cc2c(O)cc(O)cc2O)c(O)c(Cc2c(O)cc(O)cc2O)c1. The van der Waals surface area contributed by atoms with E-state index in [1.165, 1.54) is 0 Å². The lowest BCUT2D eigenvalue weighted by atomic mass is 9.94. The van der Waals surface area contributed by atoms with Crippen molar-refractivity contribution in [2.75, 3.05) is 0 Å². The van der Waals surface area contributed by atoms with E-state index in [1.807, 2.05) is 0 Å². The molecule has 0 aliphatic rings. The van der Waals surface area contributed by atoms with Crippen LogP contribution in [0.5, 0.6) is 40.2 Å². The third-order valence-electron chi connectivity index (χ3n) is 4.52. The van der Waals surface area contributed by atoms with E-state index in [1.54, 1.807) is 19.1 Å². The Morgan fingerprint density at radius 1 is 0.536 bits per heavy atom. The van der Waals surface area contributed by atoms with Crippen LogP contribution >= 0.6 is 0 Å². The van der Waals surface area contributed by atoms with Gasteiger partial charge in [-0.1, -0.05) is 17.7 Å². The molecule has 0 bridgehead atoms. The summed E-state index contributed by atoms with van der Waals surface area (Å²) in [5.74, 6) is -1.94. The highest BCUT2D eigenvalue weighted by Gasteiger charge is 2.18. The predicted molar refractivity (Wildman–Crippen MR) is 101 cm³/mol. The molecular formula is C21H20O7. The first-order valence-electron chi connectivity index (χ1n) is 8.44. The normalized spacial score (nSPS) is 10.9. The average molecular weight is 384 g/mol. The molecule has 28 heavy (non-hydrogen) atoms. The lowest BCUT2D eigenvalue weighted by molar-refractivity contribution is 0.419. The summed E-state index contributed by atoms with van der Waals surface area (Å²) < 4.78 is 0. The molecule has 0 amide bonds. The average Bonchev–Trinajstić information content (AvgIpc) is 2.57. The van der Waals surface area contributed by atoms with Crippen LogP contribution in [-0.4, -0.2) is 35.7 Å². The molecule has 0 atom stereocenters. The first-order valence-corrected chi connectivity index (χ1v) is 8.44. The molecular weight excluding hydrogens is 364 g/mol. The van der Waals surface area contributed by atoms with Gasteiger partial charge in [0.2, 0.25) is 0 Å². The molecule has 3 rings (SSSR count). The molecule has 0 spiro atoms. The van der Waals surface area contributed by atoms with E-state index in [-0.39, 0.29) is 64.2 Å². The maximum Gasteiger partial charge on any atom is 0.126 e. The largest absolute Gasteiger partial charge is 0.508 e. The van der Waals surface area contributed by atoms with Crippen LogP contribution in [0.4, 0.5) is 0 Å². The van der Waals surface area contributed by atoms with Crippen molar-refractivity contribution in [1.82, 2.24) is 0 Å². The molecule has 3 aromatic rings. The topological polar surface area (TPSA) is 142 Å². The summed E-state index contributed by atoms with van der Waals surface area (Å²) in [4.78, 5) is 0. The molecule has 0 saturated heterocycles. The molecule has 0 saturated carbocycles. The third kappa shape index (κ3) is 3.68. The summed E-state index contributed by atoms with van der Waals surface area (Å²) >= 11 is 0. The summed E-state index contributed by atoms with van der Waals surface area (Å²) in [6.07, 6.45) is -0.0159. The van der Waals surface area contributed by atoms with Crippen LogP contribution in [-0.2, 0) is 12.8 Å². The van der Waals surface area contributed by atoms with Crippen molar-refractivity contribution >= 4 is 0 Å². The summed E-state index contributed by atoms with van der Waals surface area (Å²) in [7, 11) is 0. The van der Waals surface area contributed by atoms with E-state index < -0.39 is 0 Å². The van der Waals surface area contributed by atoms with Crippen molar-refractivity contribution in [1.29, 1.82) is 0 Å². The number of hydrogen-bond acceptors (Lipinski definition) is 7. The van der Waals surface area contributed by atoms with Crippen molar-refractivity contribution in [3.63, 3.8) is 0 Å². The molecule has 7 nitrogen and oxygen atoms in total. The Morgan fingerprint density at radius 3 is 1.18 bits per heavy atom. The van der Waals surface area contributed by atoms with Crippen molar-refractivity contribution < 1.29 is 35.7 Å². The Labute approximate surface area is 160 Å². The van der Waals surface area contributed by atoms with Gasteiger partial charge >= 0.3 is 0 Å². The van der Waals surface area contributed by atoms with E-state index in [9.17, 15) is 35.7 Å². The molecule has 0 heterocycles. The quantitative estimate of drug-likeness (QED) is 0.366. The van der Waals surface area contributed by atoms with Crippen LogP contribution in [0, 0.1) is 6.92 Å². The number of phenolic OH excluding ortho intramolecular Hbond substituents is 7. The van der Waals surface area contributed by atoms with Gasteiger partial charge in [-0.25, -0.2) is 0 Å². The molecule has 0 fully saturated rings. The summed E-state index contributed by atoms with van der Waals surface area (Å²) in [5, 5.41) is 69.6. The third-order valence-corrected chi connectivity index (χ3v) is 4.52. The first-order chi connectivity index (χ1) is 13.2. The number of aromatic hydroxyl groups is 7. The molecule has 3 aromatic carbocycles. The minimum Gasteiger partial charge on any atom is -0.508 e. The van der Waals surface area contributed by atoms with Crippen molar-refractivity contribution in [3.05, 3.63) is 64.2 Å². The number of hydrogen-bond donors (Lipinski definition) is 7. The Morgan fingerprint density at radius 2 is 0.857 bits per heavy atom. The van der Waals surface area contributed by atoms with E-state index in [0.717, 1.165) is 29.8 Å². The summed E-state index contributed by atoms with van der Waals surface area (Å²) in [6.45, 7) is 1.79. The molecule has 0 aliphatic carbocycles. The predicted octanol–water partition coefficient (Wildman–Crippen LogP) is 3.12. The molecule has 0 radical (unpaired) electrons. The lowest BCUT2D eigenvalue weighted by Crippen LogP contribution is -1.98. The van der Waals surface area contributed by atoms with E-state index in [0.29, 0.717) is 11.1 Å². The van der Waals surface area contributed by atoms with Crippen molar-refractivity contribution in [3.8, 4) is 40.2 Å². The number of aryl methyl sites for hydroxylation is 1. The number of phenols is 7. The molecule has 7 N–H and O–H groups in total. The van der Waals surface area contributed by atoms with Gasteiger partial charge in [-0.3, -0.25) is 0 Å². The Kier molecular flexibility index (Phi) is 4.83. The highest BCUT2D eigenvalue weighted by atomic mass is 16.3. The van der Waals surface area contributed by atoms with Crippen LogP contribution in [0.3, 0.4) is 0 Å². The fourth-order valence-corrected chi connectivity index (χ4v) is 3.20.